The van der Waals surface area contributed by atoms with Gasteiger partial charge in [-0.2, -0.15) is 5.26 Å². The molecule has 1 fully saturated rings. The molecular formula is C16H14N6O. The molecule has 4 rings (SSSR count). The van der Waals surface area contributed by atoms with Crippen LogP contribution in [0, 0.1) is 11.3 Å². The second-order valence-electron chi connectivity index (χ2n) is 5.41. The van der Waals surface area contributed by atoms with E-state index in [1.807, 2.05) is 18.3 Å². The predicted molar refractivity (Wildman–Crippen MR) is 84.1 cm³/mol. The number of nitrogens with zero attached hydrogens (tertiary/aromatic N) is 5. The molecule has 0 aliphatic carbocycles. The van der Waals surface area contributed by atoms with Crippen LogP contribution >= 0.6 is 0 Å². The first kappa shape index (κ1) is 13.5. The van der Waals surface area contributed by atoms with Gasteiger partial charge in [0.05, 0.1) is 17.5 Å². The van der Waals surface area contributed by atoms with Gasteiger partial charge in [0, 0.05) is 31.4 Å². The number of anilines is 1. The number of hydrogen-bond donors (Lipinski definition) is 1. The summed E-state index contributed by atoms with van der Waals surface area (Å²) in [6.07, 6.45) is 5.92. The first-order valence-electron chi connectivity index (χ1n) is 7.39. The summed E-state index contributed by atoms with van der Waals surface area (Å²) in [4.78, 5) is 18.1. The van der Waals surface area contributed by atoms with Gasteiger partial charge in [0.15, 0.2) is 0 Å². The fraction of sp³-hybridized carbons (Fsp3) is 0.250. The highest BCUT2D eigenvalue weighted by atomic mass is 16.5. The third kappa shape index (κ3) is 2.55. The maximum Gasteiger partial charge on any atom is 0.213 e. The van der Waals surface area contributed by atoms with Crippen molar-refractivity contribution in [1.82, 2.24) is 19.9 Å². The van der Waals surface area contributed by atoms with Crippen LogP contribution in [0.1, 0.15) is 12.0 Å². The molecule has 1 N–H and O–H groups in total. The minimum atomic E-state index is 0.0550. The van der Waals surface area contributed by atoms with Crippen molar-refractivity contribution in [3.05, 3.63) is 42.5 Å². The number of rotatable bonds is 3. The smallest absolute Gasteiger partial charge is 0.213 e. The lowest BCUT2D eigenvalue weighted by atomic mass is 10.3. The van der Waals surface area contributed by atoms with E-state index < -0.39 is 0 Å². The van der Waals surface area contributed by atoms with Crippen LogP contribution in [-0.2, 0) is 0 Å². The molecule has 0 amide bonds. The summed E-state index contributed by atoms with van der Waals surface area (Å²) in [7, 11) is 0. The molecular weight excluding hydrogens is 292 g/mol. The zero-order valence-electron chi connectivity index (χ0n) is 12.3. The van der Waals surface area contributed by atoms with Crippen LogP contribution in [0.2, 0.25) is 0 Å². The number of aromatic nitrogens is 4. The summed E-state index contributed by atoms with van der Waals surface area (Å²) in [6.45, 7) is 1.62. The number of ether oxygens (including phenoxy) is 1. The number of nitriles is 1. The molecule has 3 aromatic rings. The Morgan fingerprint density at radius 3 is 3.04 bits per heavy atom. The van der Waals surface area contributed by atoms with Crippen LogP contribution in [0.25, 0.3) is 11.0 Å². The van der Waals surface area contributed by atoms with Gasteiger partial charge in [-0.25, -0.2) is 15.0 Å². The van der Waals surface area contributed by atoms with Gasteiger partial charge in [0.1, 0.15) is 30.0 Å². The number of H-pyrrole nitrogens is 1. The number of hydrogen-bond acceptors (Lipinski definition) is 6. The number of pyridine rings is 1. The molecule has 1 saturated heterocycles. The van der Waals surface area contributed by atoms with Crippen molar-refractivity contribution in [3.63, 3.8) is 0 Å². The second kappa shape index (κ2) is 5.57. The van der Waals surface area contributed by atoms with Gasteiger partial charge in [-0.15, -0.1) is 0 Å². The standard InChI is InChI=1S/C16H14N6O/c17-7-11-1-2-14(19-8-11)23-12-4-6-22(9-12)16-13-3-5-18-15(13)20-10-21-16/h1-3,5,8,10,12H,4,6,9H2,(H,18,20,21). The maximum atomic E-state index is 8.79. The average molecular weight is 306 g/mol. The Bertz CT molecular complexity index is 866. The normalized spacial score (nSPS) is 17.3. The first-order valence-corrected chi connectivity index (χ1v) is 7.39. The summed E-state index contributed by atoms with van der Waals surface area (Å²) >= 11 is 0. The number of fused-ring (bicyclic) bond motifs is 1. The Kier molecular flexibility index (Phi) is 3.27. The summed E-state index contributed by atoms with van der Waals surface area (Å²) in [5.74, 6) is 1.47. The molecule has 0 saturated carbocycles. The van der Waals surface area contributed by atoms with Crippen molar-refractivity contribution < 1.29 is 4.74 Å². The van der Waals surface area contributed by atoms with Gasteiger partial charge in [-0.1, -0.05) is 0 Å². The SMILES string of the molecule is N#Cc1ccc(OC2CCN(c3ncnc4[nH]ccc34)C2)nc1. The lowest BCUT2D eigenvalue weighted by molar-refractivity contribution is 0.216. The Balaban J connectivity index is 1.48. The lowest BCUT2D eigenvalue weighted by Crippen LogP contribution is -2.25. The fourth-order valence-corrected chi connectivity index (χ4v) is 2.81. The molecule has 1 aliphatic rings. The topological polar surface area (TPSA) is 90.7 Å². The van der Waals surface area contributed by atoms with Crippen molar-refractivity contribution in [3.8, 4) is 11.9 Å². The highest BCUT2D eigenvalue weighted by molar-refractivity contribution is 5.87. The van der Waals surface area contributed by atoms with E-state index in [-0.39, 0.29) is 6.10 Å². The highest BCUT2D eigenvalue weighted by Gasteiger charge is 2.26. The van der Waals surface area contributed by atoms with E-state index in [9.17, 15) is 0 Å². The van der Waals surface area contributed by atoms with Gasteiger partial charge < -0.3 is 14.6 Å². The lowest BCUT2D eigenvalue weighted by Gasteiger charge is -2.18. The molecule has 1 aliphatic heterocycles. The minimum absolute atomic E-state index is 0.0550. The Labute approximate surface area is 132 Å². The van der Waals surface area contributed by atoms with E-state index in [0.29, 0.717) is 11.4 Å². The zero-order chi connectivity index (χ0) is 15.6. The third-order valence-electron chi connectivity index (χ3n) is 3.93. The quantitative estimate of drug-likeness (QED) is 0.794. The molecule has 1 unspecified atom stereocenters. The Morgan fingerprint density at radius 2 is 2.22 bits per heavy atom. The highest BCUT2D eigenvalue weighted by Crippen LogP contribution is 2.26. The van der Waals surface area contributed by atoms with Crippen molar-refractivity contribution >= 4 is 16.9 Å². The van der Waals surface area contributed by atoms with E-state index in [4.69, 9.17) is 10.00 Å². The van der Waals surface area contributed by atoms with Crippen molar-refractivity contribution in [2.45, 2.75) is 12.5 Å². The molecule has 1 atom stereocenters. The summed E-state index contributed by atoms with van der Waals surface area (Å²) in [6, 6.07) is 7.48. The monoisotopic (exact) mass is 306 g/mol. The molecule has 114 valence electrons. The first-order chi connectivity index (χ1) is 11.3. The molecule has 7 heteroatoms. The van der Waals surface area contributed by atoms with E-state index >= 15 is 0 Å². The zero-order valence-corrected chi connectivity index (χ0v) is 12.3. The van der Waals surface area contributed by atoms with Gasteiger partial charge >= 0.3 is 0 Å². The van der Waals surface area contributed by atoms with Gasteiger partial charge in [-0.05, 0) is 12.1 Å². The van der Waals surface area contributed by atoms with Crippen LogP contribution in [0.15, 0.2) is 36.9 Å². The molecule has 0 aromatic carbocycles. The molecule has 0 bridgehead atoms. The second-order valence-corrected chi connectivity index (χ2v) is 5.41. The van der Waals surface area contributed by atoms with E-state index in [0.717, 1.165) is 36.4 Å². The van der Waals surface area contributed by atoms with Gasteiger partial charge in [-0.3, -0.25) is 0 Å². The number of aromatic amines is 1. The van der Waals surface area contributed by atoms with Crippen LogP contribution in [0.3, 0.4) is 0 Å². The summed E-state index contributed by atoms with van der Waals surface area (Å²) in [5.41, 5.74) is 1.37. The van der Waals surface area contributed by atoms with Crippen molar-refractivity contribution in [2.75, 3.05) is 18.0 Å². The van der Waals surface area contributed by atoms with Crippen LogP contribution in [0.5, 0.6) is 5.88 Å². The molecule has 3 aromatic heterocycles. The summed E-state index contributed by atoms with van der Waals surface area (Å²) in [5, 5.41) is 9.81. The molecule has 7 nitrogen and oxygen atoms in total. The van der Waals surface area contributed by atoms with Crippen LogP contribution in [-0.4, -0.2) is 39.1 Å². The molecule has 0 spiro atoms. The van der Waals surface area contributed by atoms with E-state index in [2.05, 4.69) is 24.8 Å². The third-order valence-corrected chi connectivity index (χ3v) is 3.93. The molecule has 23 heavy (non-hydrogen) atoms. The average Bonchev–Trinajstić information content (AvgIpc) is 3.24. The van der Waals surface area contributed by atoms with Crippen molar-refractivity contribution in [1.29, 1.82) is 5.26 Å². The largest absolute Gasteiger partial charge is 0.472 e. The fourth-order valence-electron chi connectivity index (χ4n) is 2.81. The van der Waals surface area contributed by atoms with E-state index in [1.165, 1.54) is 6.20 Å². The maximum absolute atomic E-state index is 8.79. The van der Waals surface area contributed by atoms with Crippen LogP contribution in [0.4, 0.5) is 5.82 Å². The number of nitrogens with one attached hydrogen (secondary N) is 1. The van der Waals surface area contributed by atoms with E-state index in [1.54, 1.807) is 18.5 Å². The summed E-state index contributed by atoms with van der Waals surface area (Å²) < 4.78 is 5.91. The Hall–Kier alpha value is -3.14. The van der Waals surface area contributed by atoms with Gasteiger partial charge in [0.2, 0.25) is 5.88 Å². The predicted octanol–water partition coefficient (Wildman–Crippen LogP) is 1.88. The van der Waals surface area contributed by atoms with Crippen molar-refractivity contribution in [2.24, 2.45) is 0 Å². The van der Waals surface area contributed by atoms with Gasteiger partial charge in [0.25, 0.3) is 0 Å². The molecule has 4 heterocycles. The molecule has 0 radical (unpaired) electrons. The Morgan fingerprint density at radius 1 is 1.26 bits per heavy atom. The minimum Gasteiger partial charge on any atom is -0.472 e. The van der Waals surface area contributed by atoms with Crippen LogP contribution < -0.4 is 9.64 Å².